The Labute approximate surface area is 146 Å². The molecule has 0 bridgehead atoms. The van der Waals surface area contributed by atoms with Crippen LogP contribution in [0.1, 0.15) is 77.6 Å². The van der Waals surface area contributed by atoms with E-state index in [1.807, 2.05) is 0 Å². The smallest absolute Gasteiger partial charge is 0.124 e. The minimum atomic E-state index is -0.136. The Hall–Kier alpha value is -1.63. The van der Waals surface area contributed by atoms with Crippen LogP contribution in [0.15, 0.2) is 30.3 Å². The molecule has 0 amide bonds. The summed E-state index contributed by atoms with van der Waals surface area (Å²) >= 11 is 0. The van der Waals surface area contributed by atoms with E-state index in [9.17, 15) is 4.39 Å². The average molecular weight is 324 g/mol. The molecule has 1 aliphatic rings. The fourth-order valence-corrected chi connectivity index (χ4v) is 4.00. The van der Waals surface area contributed by atoms with E-state index < -0.39 is 0 Å². The molecular weight excluding hydrogens is 295 g/mol. The zero-order chi connectivity index (χ0) is 18.1. The molecule has 0 aliphatic heterocycles. The quantitative estimate of drug-likeness (QED) is 0.504. The first kappa shape index (κ1) is 17.2. The van der Waals surface area contributed by atoms with Crippen molar-refractivity contribution >= 4 is 0 Å². The highest BCUT2D eigenvalue weighted by Crippen LogP contribution is 2.52. The molecule has 0 radical (unpaired) electrons. The normalized spacial score (nSPS) is 16.0. The SMILES string of the molecule is CC(C)(C)c1ccc2c(c1)-c1cc(F)cc(C(C)(C)C)c1C2(C)C. The van der Waals surface area contributed by atoms with E-state index in [2.05, 4.69) is 73.6 Å². The lowest BCUT2D eigenvalue weighted by Crippen LogP contribution is -2.23. The highest BCUT2D eigenvalue weighted by atomic mass is 19.1. The molecule has 0 unspecified atom stereocenters. The molecule has 2 aromatic rings. The third-order valence-electron chi connectivity index (χ3n) is 5.39. The second-order valence-electron chi connectivity index (χ2n) is 9.76. The summed E-state index contributed by atoms with van der Waals surface area (Å²) in [6.45, 7) is 17.7. The number of hydrogen-bond acceptors (Lipinski definition) is 0. The Kier molecular flexibility index (Phi) is 3.54. The summed E-state index contributed by atoms with van der Waals surface area (Å²) in [5, 5.41) is 0. The summed E-state index contributed by atoms with van der Waals surface area (Å²) in [5.74, 6) is -0.136. The van der Waals surface area contributed by atoms with Crippen molar-refractivity contribution in [2.24, 2.45) is 0 Å². The number of benzene rings is 2. The van der Waals surface area contributed by atoms with Gasteiger partial charge < -0.3 is 0 Å². The van der Waals surface area contributed by atoms with Crippen LogP contribution in [0.5, 0.6) is 0 Å². The average Bonchev–Trinajstić information content (AvgIpc) is 2.64. The van der Waals surface area contributed by atoms with Crippen LogP contribution in [0, 0.1) is 5.82 Å². The first-order valence-electron chi connectivity index (χ1n) is 8.83. The van der Waals surface area contributed by atoms with Crippen molar-refractivity contribution in [3.8, 4) is 11.1 Å². The first-order chi connectivity index (χ1) is 10.8. The molecule has 0 spiro atoms. The Morgan fingerprint density at radius 1 is 0.792 bits per heavy atom. The van der Waals surface area contributed by atoms with Crippen LogP contribution < -0.4 is 0 Å². The van der Waals surface area contributed by atoms with Crippen LogP contribution in [-0.4, -0.2) is 0 Å². The summed E-state index contributed by atoms with van der Waals surface area (Å²) in [7, 11) is 0. The van der Waals surface area contributed by atoms with Crippen molar-refractivity contribution in [2.45, 2.75) is 71.6 Å². The van der Waals surface area contributed by atoms with Crippen molar-refractivity contribution in [2.75, 3.05) is 0 Å². The fraction of sp³-hybridized carbons (Fsp3) is 0.478. The predicted octanol–water partition coefficient (Wildman–Crippen LogP) is 6.73. The van der Waals surface area contributed by atoms with Gasteiger partial charge in [-0.3, -0.25) is 0 Å². The molecule has 0 nitrogen and oxygen atoms in total. The molecular formula is C23H29F. The van der Waals surface area contributed by atoms with Crippen molar-refractivity contribution in [1.82, 2.24) is 0 Å². The predicted molar refractivity (Wildman–Crippen MR) is 101 cm³/mol. The summed E-state index contributed by atoms with van der Waals surface area (Å²) in [6.07, 6.45) is 0. The van der Waals surface area contributed by atoms with Gasteiger partial charge in [-0.15, -0.1) is 0 Å². The zero-order valence-electron chi connectivity index (χ0n) is 16.3. The van der Waals surface area contributed by atoms with E-state index in [4.69, 9.17) is 0 Å². The number of halogens is 1. The topological polar surface area (TPSA) is 0 Å². The summed E-state index contributed by atoms with van der Waals surface area (Å²) in [4.78, 5) is 0. The molecule has 0 N–H and O–H groups in total. The molecule has 0 fully saturated rings. The first-order valence-corrected chi connectivity index (χ1v) is 8.83. The van der Waals surface area contributed by atoms with Crippen LogP contribution in [0.25, 0.3) is 11.1 Å². The minimum Gasteiger partial charge on any atom is -0.207 e. The monoisotopic (exact) mass is 324 g/mol. The molecule has 3 rings (SSSR count). The van der Waals surface area contributed by atoms with E-state index in [1.54, 1.807) is 12.1 Å². The van der Waals surface area contributed by atoms with Gasteiger partial charge in [-0.05, 0) is 56.3 Å². The standard InChI is InChI=1S/C23H29F/c1-21(2,3)14-9-10-18-16(11-14)17-12-15(24)13-19(22(4,5)6)20(17)23(18,7)8/h9-13H,1-8H3. The summed E-state index contributed by atoms with van der Waals surface area (Å²) in [5.41, 5.74) is 7.19. The van der Waals surface area contributed by atoms with Gasteiger partial charge in [0.15, 0.2) is 0 Å². The Bertz CT molecular complexity index is 811. The van der Waals surface area contributed by atoms with Gasteiger partial charge in [0.2, 0.25) is 0 Å². The van der Waals surface area contributed by atoms with Crippen LogP contribution >= 0.6 is 0 Å². The van der Waals surface area contributed by atoms with Gasteiger partial charge in [0.1, 0.15) is 5.82 Å². The van der Waals surface area contributed by atoms with Gasteiger partial charge in [-0.2, -0.15) is 0 Å². The molecule has 0 atom stereocenters. The Balaban J connectivity index is 2.38. The maximum atomic E-state index is 14.4. The Morgan fingerprint density at radius 3 is 1.96 bits per heavy atom. The van der Waals surface area contributed by atoms with E-state index >= 15 is 0 Å². The lowest BCUT2D eigenvalue weighted by Gasteiger charge is -2.30. The number of rotatable bonds is 0. The van der Waals surface area contributed by atoms with Crippen LogP contribution in [0.3, 0.4) is 0 Å². The highest BCUT2D eigenvalue weighted by Gasteiger charge is 2.40. The molecule has 0 saturated carbocycles. The fourth-order valence-electron chi connectivity index (χ4n) is 4.00. The van der Waals surface area contributed by atoms with Crippen molar-refractivity contribution in [3.05, 3.63) is 58.4 Å². The zero-order valence-corrected chi connectivity index (χ0v) is 16.3. The molecule has 1 heteroatoms. The van der Waals surface area contributed by atoms with Crippen LogP contribution in [0.4, 0.5) is 4.39 Å². The van der Waals surface area contributed by atoms with E-state index in [0.717, 1.165) is 11.1 Å². The molecule has 0 aromatic heterocycles. The van der Waals surface area contributed by atoms with Gasteiger partial charge in [0.05, 0.1) is 0 Å². The largest absolute Gasteiger partial charge is 0.207 e. The molecule has 128 valence electrons. The minimum absolute atomic E-state index is 0.0850. The molecule has 1 aliphatic carbocycles. The van der Waals surface area contributed by atoms with Crippen molar-refractivity contribution < 1.29 is 4.39 Å². The van der Waals surface area contributed by atoms with E-state index in [0.29, 0.717) is 0 Å². The lowest BCUT2D eigenvalue weighted by atomic mass is 9.73. The van der Waals surface area contributed by atoms with Gasteiger partial charge in [-0.1, -0.05) is 73.6 Å². The lowest BCUT2D eigenvalue weighted by molar-refractivity contribution is 0.544. The third-order valence-corrected chi connectivity index (χ3v) is 5.39. The van der Waals surface area contributed by atoms with Gasteiger partial charge in [0.25, 0.3) is 0 Å². The highest BCUT2D eigenvalue weighted by molar-refractivity contribution is 5.83. The summed E-state index contributed by atoms with van der Waals surface area (Å²) in [6, 6.07) is 10.2. The molecule has 24 heavy (non-hydrogen) atoms. The summed E-state index contributed by atoms with van der Waals surface area (Å²) < 4.78 is 14.4. The van der Waals surface area contributed by atoms with E-state index in [-0.39, 0.29) is 22.1 Å². The van der Waals surface area contributed by atoms with Crippen molar-refractivity contribution in [1.29, 1.82) is 0 Å². The Morgan fingerprint density at radius 2 is 1.42 bits per heavy atom. The maximum Gasteiger partial charge on any atom is 0.124 e. The van der Waals surface area contributed by atoms with Crippen LogP contribution in [0.2, 0.25) is 0 Å². The van der Waals surface area contributed by atoms with Gasteiger partial charge >= 0.3 is 0 Å². The second-order valence-corrected chi connectivity index (χ2v) is 9.76. The van der Waals surface area contributed by atoms with Gasteiger partial charge in [0, 0.05) is 5.41 Å². The number of fused-ring (bicyclic) bond motifs is 3. The van der Waals surface area contributed by atoms with Crippen LogP contribution in [-0.2, 0) is 16.2 Å². The third kappa shape index (κ3) is 2.49. The maximum absolute atomic E-state index is 14.4. The molecule has 2 aromatic carbocycles. The number of hydrogen-bond donors (Lipinski definition) is 0. The molecule has 0 saturated heterocycles. The second kappa shape index (κ2) is 4.94. The van der Waals surface area contributed by atoms with Crippen molar-refractivity contribution in [3.63, 3.8) is 0 Å². The molecule has 0 heterocycles. The van der Waals surface area contributed by atoms with E-state index in [1.165, 1.54) is 22.3 Å². The van der Waals surface area contributed by atoms with Gasteiger partial charge in [-0.25, -0.2) is 4.39 Å².